The molecule has 1 atom stereocenters. The van der Waals surface area contributed by atoms with E-state index in [1.165, 1.54) is 12.1 Å². The lowest BCUT2D eigenvalue weighted by atomic mass is 10.0. The van der Waals surface area contributed by atoms with Gasteiger partial charge in [-0.1, -0.05) is 19.9 Å². The highest BCUT2D eigenvalue weighted by atomic mass is 16.6. The summed E-state index contributed by atoms with van der Waals surface area (Å²) in [5, 5.41) is 13.8. The van der Waals surface area contributed by atoms with Crippen LogP contribution >= 0.6 is 0 Å². The van der Waals surface area contributed by atoms with E-state index in [0.29, 0.717) is 12.5 Å². The second kappa shape index (κ2) is 5.46. The van der Waals surface area contributed by atoms with Gasteiger partial charge in [0.05, 0.1) is 4.92 Å². The van der Waals surface area contributed by atoms with Crippen LogP contribution in [0.5, 0.6) is 0 Å². The number of non-ortho nitro benzene ring substituents is 1. The first kappa shape index (κ1) is 12.4. The minimum absolute atomic E-state index is 0.0875. The van der Waals surface area contributed by atoms with Gasteiger partial charge in [-0.2, -0.15) is 0 Å². The molecule has 3 N–H and O–H groups in total. The summed E-state index contributed by atoms with van der Waals surface area (Å²) >= 11 is 0. The molecule has 0 fully saturated rings. The summed E-state index contributed by atoms with van der Waals surface area (Å²) in [4.78, 5) is 10.2. The van der Waals surface area contributed by atoms with Crippen LogP contribution in [0.2, 0.25) is 0 Å². The zero-order valence-corrected chi connectivity index (χ0v) is 9.51. The SMILES string of the molecule is CC(C)C(CN)Nc1cccc([N+](=O)[O-])c1. The van der Waals surface area contributed by atoms with E-state index in [1.54, 1.807) is 12.1 Å². The Balaban J connectivity index is 2.80. The average molecular weight is 223 g/mol. The van der Waals surface area contributed by atoms with Crippen molar-refractivity contribution in [1.82, 2.24) is 0 Å². The van der Waals surface area contributed by atoms with E-state index in [1.807, 2.05) is 0 Å². The fourth-order valence-electron chi connectivity index (χ4n) is 1.42. The van der Waals surface area contributed by atoms with Crippen molar-refractivity contribution in [3.63, 3.8) is 0 Å². The van der Waals surface area contributed by atoms with Gasteiger partial charge >= 0.3 is 0 Å². The molecule has 0 radical (unpaired) electrons. The third-order valence-corrected chi connectivity index (χ3v) is 2.47. The van der Waals surface area contributed by atoms with Crippen molar-refractivity contribution in [1.29, 1.82) is 0 Å². The second-order valence-corrected chi connectivity index (χ2v) is 4.04. The molecule has 0 aliphatic carbocycles. The molecule has 1 rings (SSSR count). The number of rotatable bonds is 5. The van der Waals surface area contributed by atoms with Crippen molar-refractivity contribution in [3.05, 3.63) is 34.4 Å². The summed E-state index contributed by atoms with van der Waals surface area (Å²) < 4.78 is 0. The summed E-state index contributed by atoms with van der Waals surface area (Å²) in [5.41, 5.74) is 6.45. The van der Waals surface area contributed by atoms with Crippen molar-refractivity contribution in [2.75, 3.05) is 11.9 Å². The van der Waals surface area contributed by atoms with Gasteiger partial charge in [0.25, 0.3) is 5.69 Å². The maximum Gasteiger partial charge on any atom is 0.271 e. The van der Waals surface area contributed by atoms with Gasteiger partial charge in [0, 0.05) is 30.4 Å². The quantitative estimate of drug-likeness (QED) is 0.590. The Labute approximate surface area is 94.8 Å². The molecule has 1 unspecified atom stereocenters. The van der Waals surface area contributed by atoms with Gasteiger partial charge in [0.2, 0.25) is 0 Å². The Morgan fingerprint density at radius 3 is 2.69 bits per heavy atom. The molecule has 5 heteroatoms. The number of anilines is 1. The van der Waals surface area contributed by atoms with Crippen molar-refractivity contribution >= 4 is 11.4 Å². The van der Waals surface area contributed by atoms with Crippen LogP contribution in [-0.2, 0) is 0 Å². The molecular weight excluding hydrogens is 206 g/mol. The van der Waals surface area contributed by atoms with Crippen LogP contribution in [0.3, 0.4) is 0 Å². The molecule has 0 saturated heterocycles. The zero-order valence-electron chi connectivity index (χ0n) is 9.51. The molecule has 0 aliphatic rings. The Kier molecular flexibility index (Phi) is 4.25. The number of nitro benzene ring substituents is 1. The van der Waals surface area contributed by atoms with E-state index in [-0.39, 0.29) is 11.7 Å². The van der Waals surface area contributed by atoms with Crippen molar-refractivity contribution in [2.45, 2.75) is 19.9 Å². The number of nitrogens with zero attached hydrogens (tertiary/aromatic N) is 1. The minimum Gasteiger partial charge on any atom is -0.381 e. The second-order valence-electron chi connectivity index (χ2n) is 4.04. The van der Waals surface area contributed by atoms with Gasteiger partial charge in [-0.25, -0.2) is 0 Å². The lowest BCUT2D eigenvalue weighted by molar-refractivity contribution is -0.384. The fourth-order valence-corrected chi connectivity index (χ4v) is 1.42. The van der Waals surface area contributed by atoms with Crippen LogP contribution in [0.15, 0.2) is 24.3 Å². The van der Waals surface area contributed by atoms with E-state index >= 15 is 0 Å². The molecule has 16 heavy (non-hydrogen) atoms. The molecule has 5 nitrogen and oxygen atoms in total. The molecule has 0 spiro atoms. The topological polar surface area (TPSA) is 81.2 Å². The molecule has 1 aromatic carbocycles. The molecular formula is C11H17N3O2. The third-order valence-electron chi connectivity index (χ3n) is 2.47. The van der Waals surface area contributed by atoms with Gasteiger partial charge in [-0.05, 0) is 12.0 Å². The first-order valence-corrected chi connectivity index (χ1v) is 5.25. The monoisotopic (exact) mass is 223 g/mol. The molecule has 0 saturated carbocycles. The van der Waals surface area contributed by atoms with Crippen LogP contribution < -0.4 is 11.1 Å². The largest absolute Gasteiger partial charge is 0.381 e. The van der Waals surface area contributed by atoms with Crippen LogP contribution in [0.25, 0.3) is 0 Å². The van der Waals surface area contributed by atoms with Crippen LogP contribution in [0.4, 0.5) is 11.4 Å². The molecule has 1 aromatic rings. The minimum atomic E-state index is -0.405. The Bertz CT molecular complexity index is 366. The van der Waals surface area contributed by atoms with Crippen molar-refractivity contribution < 1.29 is 4.92 Å². The lowest BCUT2D eigenvalue weighted by Crippen LogP contribution is -2.33. The van der Waals surface area contributed by atoms with Gasteiger partial charge in [-0.15, -0.1) is 0 Å². The maximum absolute atomic E-state index is 10.6. The summed E-state index contributed by atoms with van der Waals surface area (Å²) in [5.74, 6) is 0.379. The summed E-state index contributed by atoms with van der Waals surface area (Å²) in [6, 6.07) is 6.58. The highest BCUT2D eigenvalue weighted by molar-refractivity contribution is 5.51. The molecule has 0 amide bonds. The fraction of sp³-hybridized carbons (Fsp3) is 0.455. The number of nitrogens with one attached hydrogen (secondary N) is 1. The van der Waals surface area contributed by atoms with Crippen molar-refractivity contribution in [3.8, 4) is 0 Å². The summed E-state index contributed by atoms with van der Waals surface area (Å²) in [6.07, 6.45) is 0. The highest BCUT2D eigenvalue weighted by Gasteiger charge is 2.12. The number of nitro groups is 1. The molecule has 0 aromatic heterocycles. The van der Waals surface area contributed by atoms with Gasteiger partial charge in [0.1, 0.15) is 0 Å². The van der Waals surface area contributed by atoms with Crippen LogP contribution in [0.1, 0.15) is 13.8 Å². The molecule has 0 aliphatic heterocycles. The van der Waals surface area contributed by atoms with E-state index in [0.717, 1.165) is 5.69 Å². The van der Waals surface area contributed by atoms with Gasteiger partial charge < -0.3 is 11.1 Å². The van der Waals surface area contributed by atoms with Crippen molar-refractivity contribution in [2.24, 2.45) is 11.7 Å². The Morgan fingerprint density at radius 2 is 2.19 bits per heavy atom. The zero-order chi connectivity index (χ0) is 12.1. The first-order chi connectivity index (χ1) is 7.54. The Morgan fingerprint density at radius 1 is 1.50 bits per heavy atom. The first-order valence-electron chi connectivity index (χ1n) is 5.25. The van der Waals surface area contributed by atoms with Crippen LogP contribution in [-0.4, -0.2) is 17.5 Å². The number of hydrogen-bond donors (Lipinski definition) is 2. The molecule has 0 heterocycles. The number of nitrogens with two attached hydrogens (primary N) is 1. The normalized spacial score (nSPS) is 12.5. The standard InChI is InChI=1S/C11H17N3O2/c1-8(2)11(7-12)13-9-4-3-5-10(6-9)14(15)16/h3-6,8,11,13H,7,12H2,1-2H3. The third kappa shape index (κ3) is 3.20. The Hall–Kier alpha value is -1.62. The predicted octanol–water partition coefficient (Wildman–Crippen LogP) is 1.99. The van der Waals surface area contributed by atoms with E-state index in [2.05, 4.69) is 19.2 Å². The average Bonchev–Trinajstić information content (AvgIpc) is 2.25. The summed E-state index contributed by atoms with van der Waals surface area (Å²) in [7, 11) is 0. The smallest absolute Gasteiger partial charge is 0.271 e. The van der Waals surface area contributed by atoms with Crippen LogP contribution in [0, 0.1) is 16.0 Å². The predicted molar refractivity (Wildman–Crippen MR) is 64.4 cm³/mol. The summed E-state index contributed by atoms with van der Waals surface area (Å²) in [6.45, 7) is 4.62. The van der Waals surface area contributed by atoms with Gasteiger partial charge in [-0.3, -0.25) is 10.1 Å². The van der Waals surface area contributed by atoms with E-state index in [4.69, 9.17) is 5.73 Å². The lowest BCUT2D eigenvalue weighted by Gasteiger charge is -2.21. The van der Waals surface area contributed by atoms with E-state index < -0.39 is 4.92 Å². The number of benzene rings is 1. The highest BCUT2D eigenvalue weighted by Crippen LogP contribution is 2.18. The van der Waals surface area contributed by atoms with Gasteiger partial charge in [0.15, 0.2) is 0 Å². The maximum atomic E-state index is 10.6. The molecule has 88 valence electrons. The number of hydrogen-bond acceptors (Lipinski definition) is 4. The van der Waals surface area contributed by atoms with E-state index in [9.17, 15) is 10.1 Å². The molecule has 0 bridgehead atoms.